The highest BCUT2D eigenvalue weighted by atomic mass is 16.2. The number of aromatic nitrogens is 2. The van der Waals surface area contributed by atoms with Gasteiger partial charge in [0.2, 0.25) is 5.91 Å². The van der Waals surface area contributed by atoms with E-state index in [2.05, 4.69) is 15.3 Å². The summed E-state index contributed by atoms with van der Waals surface area (Å²) in [4.78, 5) is 34.5. The molecule has 1 aromatic carbocycles. The molecule has 0 atom stereocenters. The van der Waals surface area contributed by atoms with Gasteiger partial charge in [0.15, 0.2) is 0 Å². The molecule has 0 radical (unpaired) electrons. The van der Waals surface area contributed by atoms with Crippen LogP contribution in [0.1, 0.15) is 41.5 Å². The summed E-state index contributed by atoms with van der Waals surface area (Å²) in [5.74, 6) is -0.235. The molecule has 2 rings (SSSR count). The number of rotatable bonds is 9. The minimum absolute atomic E-state index is 0.0511. The average molecular weight is 354 g/mol. The molecule has 2 amide bonds. The number of carbonyl (C=O) groups excluding carboxylic acids is 2. The summed E-state index contributed by atoms with van der Waals surface area (Å²) in [6.07, 6.45) is 4.96. The highest BCUT2D eigenvalue weighted by molar-refractivity contribution is 5.92. The van der Waals surface area contributed by atoms with Gasteiger partial charge >= 0.3 is 0 Å². The van der Waals surface area contributed by atoms with E-state index < -0.39 is 0 Å². The number of aryl methyl sites for hydroxylation is 1. The SMILES string of the molecule is CCCN(CCC(=O)NCCc1ccccc1)C(=O)c1cnc(C)cn1. The zero-order valence-corrected chi connectivity index (χ0v) is 15.4. The number of hydrogen-bond acceptors (Lipinski definition) is 4. The first-order valence-corrected chi connectivity index (χ1v) is 8.98. The van der Waals surface area contributed by atoms with Gasteiger partial charge in [0.05, 0.1) is 11.9 Å². The monoisotopic (exact) mass is 354 g/mol. The van der Waals surface area contributed by atoms with Gasteiger partial charge in [-0.3, -0.25) is 14.6 Å². The fourth-order valence-corrected chi connectivity index (χ4v) is 2.57. The van der Waals surface area contributed by atoms with Crippen molar-refractivity contribution in [1.29, 1.82) is 0 Å². The second kappa shape index (κ2) is 10.3. The van der Waals surface area contributed by atoms with Crippen molar-refractivity contribution >= 4 is 11.8 Å². The Morgan fingerprint density at radius 2 is 1.85 bits per heavy atom. The Morgan fingerprint density at radius 3 is 2.50 bits per heavy atom. The van der Waals surface area contributed by atoms with Crippen molar-refractivity contribution in [2.45, 2.75) is 33.1 Å². The minimum Gasteiger partial charge on any atom is -0.356 e. The molecule has 0 bridgehead atoms. The van der Waals surface area contributed by atoms with Crippen LogP contribution in [0.25, 0.3) is 0 Å². The Morgan fingerprint density at radius 1 is 1.08 bits per heavy atom. The van der Waals surface area contributed by atoms with Gasteiger partial charge < -0.3 is 10.2 Å². The first-order chi connectivity index (χ1) is 12.6. The Hall–Kier alpha value is -2.76. The van der Waals surface area contributed by atoms with Crippen molar-refractivity contribution in [3.05, 3.63) is 59.7 Å². The standard InChI is InChI=1S/C20H26N4O2/c1-3-12-24(20(26)18-15-22-16(2)14-23-18)13-10-19(25)21-11-9-17-7-5-4-6-8-17/h4-8,14-15H,3,9-13H2,1-2H3,(H,21,25). The van der Waals surface area contributed by atoms with Gasteiger partial charge in [-0.2, -0.15) is 0 Å². The summed E-state index contributed by atoms with van der Waals surface area (Å²) in [6.45, 7) is 5.38. The van der Waals surface area contributed by atoms with Crippen LogP contribution >= 0.6 is 0 Å². The molecule has 0 aliphatic carbocycles. The second-order valence-corrected chi connectivity index (χ2v) is 6.17. The highest BCUT2D eigenvalue weighted by Crippen LogP contribution is 2.04. The van der Waals surface area contributed by atoms with Crippen molar-refractivity contribution in [3.8, 4) is 0 Å². The summed E-state index contributed by atoms with van der Waals surface area (Å²) in [5, 5.41) is 2.91. The Balaban J connectivity index is 1.80. The fourth-order valence-electron chi connectivity index (χ4n) is 2.57. The molecule has 0 saturated carbocycles. The molecule has 6 heteroatoms. The van der Waals surface area contributed by atoms with Crippen LogP contribution in [-0.4, -0.2) is 46.3 Å². The van der Waals surface area contributed by atoms with Gasteiger partial charge in [-0.1, -0.05) is 37.3 Å². The van der Waals surface area contributed by atoms with E-state index in [1.165, 1.54) is 11.8 Å². The van der Waals surface area contributed by atoms with E-state index in [0.29, 0.717) is 25.3 Å². The molecule has 1 N–H and O–H groups in total. The van der Waals surface area contributed by atoms with E-state index in [9.17, 15) is 9.59 Å². The fraction of sp³-hybridized carbons (Fsp3) is 0.400. The van der Waals surface area contributed by atoms with Crippen LogP contribution in [0.3, 0.4) is 0 Å². The summed E-state index contributed by atoms with van der Waals surface area (Å²) in [5.41, 5.74) is 2.27. The van der Waals surface area contributed by atoms with Crippen molar-refractivity contribution in [2.24, 2.45) is 0 Å². The van der Waals surface area contributed by atoms with Crippen LogP contribution in [0.4, 0.5) is 0 Å². The van der Waals surface area contributed by atoms with E-state index >= 15 is 0 Å². The maximum Gasteiger partial charge on any atom is 0.274 e. The third-order valence-electron chi connectivity index (χ3n) is 3.97. The van der Waals surface area contributed by atoms with E-state index in [-0.39, 0.29) is 18.2 Å². The van der Waals surface area contributed by atoms with E-state index in [4.69, 9.17) is 0 Å². The van der Waals surface area contributed by atoms with Gasteiger partial charge in [0, 0.05) is 32.3 Å². The molecule has 0 aliphatic rings. The molecular weight excluding hydrogens is 328 g/mol. The Kier molecular flexibility index (Phi) is 7.74. The van der Waals surface area contributed by atoms with Crippen molar-refractivity contribution in [1.82, 2.24) is 20.2 Å². The summed E-state index contributed by atoms with van der Waals surface area (Å²) in [7, 11) is 0. The lowest BCUT2D eigenvalue weighted by molar-refractivity contribution is -0.121. The number of benzene rings is 1. The molecule has 0 aliphatic heterocycles. The van der Waals surface area contributed by atoms with Crippen LogP contribution in [0.5, 0.6) is 0 Å². The lowest BCUT2D eigenvalue weighted by atomic mass is 10.1. The van der Waals surface area contributed by atoms with Crippen LogP contribution in [0.2, 0.25) is 0 Å². The number of nitrogens with one attached hydrogen (secondary N) is 1. The van der Waals surface area contributed by atoms with Gasteiger partial charge in [-0.25, -0.2) is 4.98 Å². The molecule has 0 fully saturated rings. The molecule has 0 spiro atoms. The zero-order chi connectivity index (χ0) is 18.8. The molecule has 0 saturated heterocycles. The first-order valence-electron chi connectivity index (χ1n) is 8.98. The summed E-state index contributed by atoms with van der Waals surface area (Å²) >= 11 is 0. The number of amides is 2. The quantitative estimate of drug-likeness (QED) is 0.750. The van der Waals surface area contributed by atoms with E-state index in [1.807, 2.05) is 44.2 Å². The minimum atomic E-state index is -0.184. The Bertz CT molecular complexity index is 702. The van der Waals surface area contributed by atoms with E-state index in [0.717, 1.165) is 18.5 Å². The zero-order valence-electron chi connectivity index (χ0n) is 15.4. The molecule has 1 aromatic heterocycles. The lowest BCUT2D eigenvalue weighted by Gasteiger charge is -2.21. The first kappa shape index (κ1) is 19.6. The maximum absolute atomic E-state index is 12.5. The molecule has 6 nitrogen and oxygen atoms in total. The molecule has 0 unspecified atom stereocenters. The van der Waals surface area contributed by atoms with Crippen molar-refractivity contribution in [2.75, 3.05) is 19.6 Å². The smallest absolute Gasteiger partial charge is 0.274 e. The average Bonchev–Trinajstić information content (AvgIpc) is 2.66. The molecule has 1 heterocycles. The Labute approximate surface area is 154 Å². The molecule has 2 aromatic rings. The third-order valence-corrected chi connectivity index (χ3v) is 3.97. The van der Waals surface area contributed by atoms with Crippen LogP contribution in [0.15, 0.2) is 42.7 Å². The van der Waals surface area contributed by atoms with Gasteiger partial charge in [-0.05, 0) is 25.3 Å². The predicted octanol–water partition coefficient (Wildman–Crippen LogP) is 2.39. The molecule has 138 valence electrons. The lowest BCUT2D eigenvalue weighted by Crippen LogP contribution is -2.36. The molecule has 26 heavy (non-hydrogen) atoms. The normalized spacial score (nSPS) is 10.4. The highest BCUT2D eigenvalue weighted by Gasteiger charge is 2.17. The summed E-state index contributed by atoms with van der Waals surface area (Å²) in [6, 6.07) is 10.0. The predicted molar refractivity (Wildman–Crippen MR) is 101 cm³/mol. The largest absolute Gasteiger partial charge is 0.356 e. The van der Waals surface area contributed by atoms with Gasteiger partial charge in [-0.15, -0.1) is 0 Å². The van der Waals surface area contributed by atoms with Gasteiger partial charge in [0.25, 0.3) is 5.91 Å². The number of hydrogen-bond donors (Lipinski definition) is 1. The number of carbonyl (C=O) groups is 2. The topological polar surface area (TPSA) is 75.2 Å². The van der Waals surface area contributed by atoms with Crippen molar-refractivity contribution in [3.63, 3.8) is 0 Å². The molecular formula is C20H26N4O2. The van der Waals surface area contributed by atoms with Crippen LogP contribution in [0, 0.1) is 6.92 Å². The second-order valence-electron chi connectivity index (χ2n) is 6.17. The third kappa shape index (κ3) is 6.27. The van der Waals surface area contributed by atoms with Crippen molar-refractivity contribution < 1.29 is 9.59 Å². The summed E-state index contributed by atoms with van der Waals surface area (Å²) < 4.78 is 0. The maximum atomic E-state index is 12.5. The van der Waals surface area contributed by atoms with E-state index in [1.54, 1.807) is 11.1 Å². The van der Waals surface area contributed by atoms with Gasteiger partial charge in [0.1, 0.15) is 5.69 Å². The van der Waals surface area contributed by atoms with Crippen LogP contribution < -0.4 is 5.32 Å². The van der Waals surface area contributed by atoms with Crippen LogP contribution in [-0.2, 0) is 11.2 Å². The number of nitrogens with zero attached hydrogens (tertiary/aromatic N) is 3.